The predicted molar refractivity (Wildman–Crippen MR) is 62.5 cm³/mol. The third-order valence-corrected chi connectivity index (χ3v) is 2.50. The Balaban J connectivity index is 2.59. The number of aromatic nitrogens is 2. The first kappa shape index (κ1) is 10.7. The van der Waals surface area contributed by atoms with E-state index in [9.17, 15) is 0 Å². The Bertz CT molecular complexity index is 480. The van der Waals surface area contributed by atoms with Crippen LogP contribution in [0.1, 0.15) is 0 Å². The Kier molecular flexibility index (Phi) is 3.10. The molecule has 0 amide bonds. The molecule has 1 heterocycles. The topological polar surface area (TPSA) is 25.8 Å². The van der Waals surface area contributed by atoms with Gasteiger partial charge < -0.3 is 0 Å². The molecule has 0 N–H and O–H groups in total. The molecular formula is C10H5Cl3N2. The second kappa shape index (κ2) is 4.35. The average molecular weight is 260 g/mol. The lowest BCUT2D eigenvalue weighted by Crippen LogP contribution is -1.90. The van der Waals surface area contributed by atoms with Gasteiger partial charge in [-0.2, -0.15) is 0 Å². The van der Waals surface area contributed by atoms with E-state index >= 15 is 0 Å². The molecule has 5 heteroatoms. The van der Waals surface area contributed by atoms with E-state index in [1.165, 1.54) is 6.07 Å². The normalized spacial score (nSPS) is 10.3. The number of halogens is 3. The number of hydrogen-bond acceptors (Lipinski definition) is 2. The predicted octanol–water partition coefficient (Wildman–Crippen LogP) is 4.10. The van der Waals surface area contributed by atoms with Crippen LogP contribution in [0.15, 0.2) is 30.3 Å². The molecule has 76 valence electrons. The summed E-state index contributed by atoms with van der Waals surface area (Å²) >= 11 is 17.5. The fourth-order valence-electron chi connectivity index (χ4n) is 1.15. The van der Waals surface area contributed by atoms with Gasteiger partial charge in [0.15, 0.2) is 5.82 Å². The van der Waals surface area contributed by atoms with Crippen LogP contribution in [0, 0.1) is 0 Å². The monoisotopic (exact) mass is 258 g/mol. The smallest absolute Gasteiger partial charge is 0.164 e. The minimum atomic E-state index is 0.296. The molecule has 0 aliphatic heterocycles. The minimum absolute atomic E-state index is 0.296. The van der Waals surface area contributed by atoms with Crippen molar-refractivity contribution in [3.05, 3.63) is 45.7 Å². The number of nitrogens with zero attached hydrogens (tertiary/aromatic N) is 2. The van der Waals surface area contributed by atoms with Gasteiger partial charge in [0.2, 0.25) is 0 Å². The quantitative estimate of drug-likeness (QED) is 0.721. The van der Waals surface area contributed by atoms with Gasteiger partial charge in [0, 0.05) is 11.6 Å². The summed E-state index contributed by atoms with van der Waals surface area (Å²) < 4.78 is 0. The lowest BCUT2D eigenvalue weighted by Gasteiger charge is -2.03. The molecule has 0 aliphatic rings. The lowest BCUT2D eigenvalue weighted by molar-refractivity contribution is 1.18. The fraction of sp³-hybridized carbons (Fsp3) is 0. The van der Waals surface area contributed by atoms with Gasteiger partial charge in [-0.05, 0) is 12.1 Å². The van der Waals surface area contributed by atoms with Gasteiger partial charge in [0.1, 0.15) is 10.3 Å². The summed E-state index contributed by atoms with van der Waals surface area (Å²) in [5, 5.41) is 1.16. The molecule has 1 aromatic heterocycles. The van der Waals surface area contributed by atoms with E-state index in [1.54, 1.807) is 6.07 Å². The van der Waals surface area contributed by atoms with Crippen molar-refractivity contribution < 1.29 is 0 Å². The summed E-state index contributed by atoms with van der Waals surface area (Å²) in [4.78, 5) is 8.10. The Labute approximate surface area is 102 Å². The maximum atomic E-state index is 6.00. The van der Waals surface area contributed by atoms with Crippen molar-refractivity contribution in [3.8, 4) is 11.4 Å². The van der Waals surface area contributed by atoms with Crippen molar-refractivity contribution in [2.45, 2.75) is 0 Å². The molecule has 0 bridgehead atoms. The van der Waals surface area contributed by atoms with Crippen LogP contribution in [0.2, 0.25) is 15.3 Å². The number of hydrogen-bond donors (Lipinski definition) is 0. The van der Waals surface area contributed by atoms with Gasteiger partial charge in [-0.3, -0.25) is 0 Å². The van der Waals surface area contributed by atoms with Gasteiger partial charge in [0.05, 0.1) is 5.02 Å². The molecule has 0 radical (unpaired) electrons. The zero-order valence-electron chi connectivity index (χ0n) is 7.42. The summed E-state index contributed by atoms with van der Waals surface area (Å²) in [7, 11) is 0. The number of benzene rings is 1. The van der Waals surface area contributed by atoms with Crippen molar-refractivity contribution in [2.24, 2.45) is 0 Å². The zero-order chi connectivity index (χ0) is 10.8. The molecule has 0 atom stereocenters. The van der Waals surface area contributed by atoms with E-state index in [2.05, 4.69) is 9.97 Å². The maximum absolute atomic E-state index is 6.00. The first-order chi connectivity index (χ1) is 7.16. The first-order valence-electron chi connectivity index (χ1n) is 4.12. The van der Waals surface area contributed by atoms with Gasteiger partial charge >= 0.3 is 0 Å². The van der Waals surface area contributed by atoms with Crippen LogP contribution in [0.5, 0.6) is 0 Å². The van der Waals surface area contributed by atoms with E-state index in [4.69, 9.17) is 34.8 Å². The van der Waals surface area contributed by atoms with Crippen LogP contribution in [0.25, 0.3) is 11.4 Å². The van der Waals surface area contributed by atoms with Crippen molar-refractivity contribution in [1.29, 1.82) is 0 Å². The molecular weight excluding hydrogens is 254 g/mol. The van der Waals surface area contributed by atoms with E-state index < -0.39 is 0 Å². The summed E-state index contributed by atoms with van der Waals surface area (Å²) in [6.45, 7) is 0. The van der Waals surface area contributed by atoms with Gasteiger partial charge in [0.25, 0.3) is 0 Å². The highest BCUT2D eigenvalue weighted by atomic mass is 35.5. The largest absolute Gasteiger partial charge is 0.216 e. The third-order valence-electron chi connectivity index (χ3n) is 1.78. The molecule has 2 rings (SSSR count). The van der Waals surface area contributed by atoms with Crippen molar-refractivity contribution in [1.82, 2.24) is 9.97 Å². The SMILES string of the molecule is Clc1cc(Cl)nc(-c2ccccc2Cl)n1. The van der Waals surface area contributed by atoms with Gasteiger partial charge in [-0.25, -0.2) is 9.97 Å². The first-order valence-corrected chi connectivity index (χ1v) is 5.25. The molecule has 0 aliphatic carbocycles. The molecule has 0 spiro atoms. The standard InChI is InChI=1S/C10H5Cl3N2/c11-7-4-2-1-3-6(7)10-14-8(12)5-9(13)15-10/h1-5H. The average Bonchev–Trinajstić information content (AvgIpc) is 2.16. The molecule has 2 aromatic rings. The second-order valence-corrected chi connectivity index (χ2v) is 4.00. The molecule has 0 saturated heterocycles. The third kappa shape index (κ3) is 2.40. The summed E-state index contributed by atoms with van der Waals surface area (Å²) in [5.74, 6) is 0.429. The highest BCUT2D eigenvalue weighted by Crippen LogP contribution is 2.26. The summed E-state index contributed by atoms with van der Waals surface area (Å²) in [5.41, 5.74) is 0.712. The van der Waals surface area contributed by atoms with E-state index in [-0.39, 0.29) is 0 Å². The van der Waals surface area contributed by atoms with Gasteiger partial charge in [-0.15, -0.1) is 0 Å². The zero-order valence-corrected chi connectivity index (χ0v) is 9.68. The maximum Gasteiger partial charge on any atom is 0.164 e. The van der Waals surface area contributed by atoms with Gasteiger partial charge in [-0.1, -0.05) is 46.9 Å². The summed E-state index contributed by atoms with van der Waals surface area (Å²) in [6, 6.07) is 8.72. The van der Waals surface area contributed by atoms with Crippen molar-refractivity contribution >= 4 is 34.8 Å². The lowest BCUT2D eigenvalue weighted by atomic mass is 10.2. The molecule has 15 heavy (non-hydrogen) atoms. The van der Waals surface area contributed by atoms with E-state index in [0.717, 1.165) is 0 Å². The molecule has 0 saturated carbocycles. The van der Waals surface area contributed by atoms with Crippen LogP contribution in [-0.2, 0) is 0 Å². The summed E-state index contributed by atoms with van der Waals surface area (Å²) in [6.07, 6.45) is 0. The Morgan fingerprint density at radius 2 is 1.47 bits per heavy atom. The van der Waals surface area contributed by atoms with Crippen LogP contribution in [-0.4, -0.2) is 9.97 Å². The van der Waals surface area contributed by atoms with E-state index in [1.807, 2.05) is 18.2 Å². The molecule has 2 nitrogen and oxygen atoms in total. The van der Waals surface area contributed by atoms with Crippen molar-refractivity contribution in [3.63, 3.8) is 0 Å². The highest BCUT2D eigenvalue weighted by molar-refractivity contribution is 6.34. The number of rotatable bonds is 1. The minimum Gasteiger partial charge on any atom is -0.216 e. The van der Waals surface area contributed by atoms with Crippen LogP contribution < -0.4 is 0 Å². The Hall–Kier alpha value is -0.830. The van der Waals surface area contributed by atoms with Crippen LogP contribution in [0.3, 0.4) is 0 Å². The van der Waals surface area contributed by atoms with E-state index in [0.29, 0.717) is 26.7 Å². The Morgan fingerprint density at radius 1 is 0.867 bits per heavy atom. The fourth-order valence-corrected chi connectivity index (χ4v) is 1.80. The van der Waals surface area contributed by atoms with Crippen LogP contribution >= 0.6 is 34.8 Å². The second-order valence-electron chi connectivity index (χ2n) is 2.82. The highest BCUT2D eigenvalue weighted by Gasteiger charge is 2.07. The molecule has 1 aromatic carbocycles. The Morgan fingerprint density at radius 3 is 2.07 bits per heavy atom. The molecule has 0 unspecified atom stereocenters. The molecule has 0 fully saturated rings. The van der Waals surface area contributed by atoms with Crippen LogP contribution in [0.4, 0.5) is 0 Å². The van der Waals surface area contributed by atoms with Crippen molar-refractivity contribution in [2.75, 3.05) is 0 Å².